The van der Waals surface area contributed by atoms with Crippen LogP contribution in [0, 0.1) is 0 Å². The highest BCUT2D eigenvalue weighted by molar-refractivity contribution is 5.72. The van der Waals surface area contributed by atoms with Crippen molar-refractivity contribution in [2.24, 2.45) is 0 Å². The van der Waals surface area contributed by atoms with Gasteiger partial charge in [-0.1, -0.05) is 58.3 Å². The minimum atomic E-state index is -0.409. The van der Waals surface area contributed by atoms with Gasteiger partial charge in [-0.05, 0) is 6.42 Å². The van der Waals surface area contributed by atoms with Crippen LogP contribution in [0.15, 0.2) is 0 Å². The van der Waals surface area contributed by atoms with Crippen LogP contribution in [0.4, 0.5) is 0 Å². The largest absolute Gasteiger partial charge is 0.273 e. The predicted molar refractivity (Wildman–Crippen MR) is 59.9 cm³/mol. The summed E-state index contributed by atoms with van der Waals surface area (Å²) in [6, 6.07) is 0. The first-order chi connectivity index (χ1) is 6.77. The molecule has 0 saturated heterocycles. The summed E-state index contributed by atoms with van der Waals surface area (Å²) in [5.41, 5.74) is 6.73. The number of unbranched alkanes of at least 4 members (excludes halogenated alkanes) is 8. The monoisotopic (exact) mass is 198 g/mol. The average molecular weight is 198 g/mol. The summed E-state index contributed by atoms with van der Waals surface area (Å²) < 4.78 is 0. The van der Waals surface area contributed by atoms with Crippen molar-refractivity contribution in [1.82, 2.24) is 5.73 Å². The van der Waals surface area contributed by atoms with Crippen molar-refractivity contribution >= 4 is 5.91 Å². The molecule has 0 rings (SSSR count). The number of hydrogen-bond donors (Lipinski definition) is 0. The van der Waals surface area contributed by atoms with Crippen molar-refractivity contribution in [3.8, 4) is 0 Å². The highest BCUT2D eigenvalue weighted by Crippen LogP contribution is 2.10. The predicted octanol–water partition coefficient (Wildman–Crippen LogP) is 3.72. The molecule has 0 aliphatic rings. The lowest BCUT2D eigenvalue weighted by Gasteiger charge is -2.00. The van der Waals surface area contributed by atoms with Gasteiger partial charge in [-0.15, -0.1) is 0 Å². The van der Waals surface area contributed by atoms with E-state index in [2.05, 4.69) is 6.92 Å². The molecular formula is C12H24NO. The first kappa shape index (κ1) is 13.5. The molecule has 2 nitrogen and oxygen atoms in total. The van der Waals surface area contributed by atoms with Gasteiger partial charge < -0.3 is 0 Å². The first-order valence-electron chi connectivity index (χ1n) is 6.01. The van der Waals surface area contributed by atoms with Crippen molar-refractivity contribution in [2.45, 2.75) is 71.1 Å². The van der Waals surface area contributed by atoms with Crippen LogP contribution in [0.3, 0.4) is 0 Å². The van der Waals surface area contributed by atoms with Gasteiger partial charge in [-0.25, -0.2) is 0 Å². The van der Waals surface area contributed by atoms with Crippen LogP contribution in [0.1, 0.15) is 71.1 Å². The number of carbonyl (C=O) groups excluding carboxylic acids is 1. The Balaban J connectivity index is 2.88. The van der Waals surface area contributed by atoms with Crippen molar-refractivity contribution in [2.75, 3.05) is 0 Å². The fourth-order valence-electron chi connectivity index (χ4n) is 1.60. The number of rotatable bonds is 10. The molecule has 0 spiro atoms. The molecule has 1 radical (unpaired) electrons. The maximum atomic E-state index is 10.3. The summed E-state index contributed by atoms with van der Waals surface area (Å²) in [4.78, 5) is 10.3. The Labute approximate surface area is 88.3 Å². The molecular weight excluding hydrogens is 174 g/mol. The van der Waals surface area contributed by atoms with Crippen LogP contribution in [0.5, 0.6) is 0 Å². The Hall–Kier alpha value is -0.530. The lowest BCUT2D eigenvalue weighted by atomic mass is 10.1. The topological polar surface area (TPSA) is 40.9 Å². The number of hydrogen-bond acceptors (Lipinski definition) is 1. The first-order valence-corrected chi connectivity index (χ1v) is 6.01. The van der Waals surface area contributed by atoms with E-state index in [-0.39, 0.29) is 0 Å². The Morgan fingerprint density at radius 3 is 1.71 bits per heavy atom. The number of amides is 1. The Bertz CT molecular complexity index is 134. The van der Waals surface area contributed by atoms with Crippen molar-refractivity contribution in [3.63, 3.8) is 0 Å². The zero-order valence-electron chi connectivity index (χ0n) is 9.48. The molecule has 0 saturated carbocycles. The van der Waals surface area contributed by atoms with Crippen LogP contribution in [-0.4, -0.2) is 5.91 Å². The van der Waals surface area contributed by atoms with Crippen LogP contribution in [-0.2, 0) is 4.79 Å². The van der Waals surface area contributed by atoms with Gasteiger partial charge in [0.05, 0.1) is 0 Å². The van der Waals surface area contributed by atoms with E-state index in [4.69, 9.17) is 5.73 Å². The van der Waals surface area contributed by atoms with Crippen molar-refractivity contribution in [3.05, 3.63) is 0 Å². The Morgan fingerprint density at radius 1 is 0.857 bits per heavy atom. The SMILES string of the molecule is CCCCCCCCCCCC([NH])=O. The molecule has 0 aliphatic carbocycles. The average Bonchev–Trinajstić information content (AvgIpc) is 2.15. The van der Waals surface area contributed by atoms with Gasteiger partial charge in [0.25, 0.3) is 0 Å². The van der Waals surface area contributed by atoms with E-state index < -0.39 is 5.91 Å². The second kappa shape index (κ2) is 10.6. The van der Waals surface area contributed by atoms with Gasteiger partial charge in [0.15, 0.2) is 0 Å². The molecule has 0 unspecified atom stereocenters. The summed E-state index contributed by atoms with van der Waals surface area (Å²) in [7, 11) is 0. The maximum Gasteiger partial charge on any atom is 0.238 e. The van der Waals surface area contributed by atoms with E-state index in [1.54, 1.807) is 0 Å². The van der Waals surface area contributed by atoms with E-state index in [1.165, 1.54) is 44.9 Å². The smallest absolute Gasteiger partial charge is 0.238 e. The van der Waals surface area contributed by atoms with E-state index in [0.29, 0.717) is 6.42 Å². The zero-order valence-corrected chi connectivity index (χ0v) is 9.48. The molecule has 0 bridgehead atoms. The van der Waals surface area contributed by atoms with Crippen molar-refractivity contribution < 1.29 is 4.79 Å². The molecule has 1 N–H and O–H groups in total. The standard InChI is InChI=1S/C12H24NO/c1-2-3-4-5-6-7-8-9-10-11-12(13)14/h13H,2-11H2,1H3. The van der Waals surface area contributed by atoms with Crippen LogP contribution >= 0.6 is 0 Å². The molecule has 1 amide bonds. The second-order valence-electron chi connectivity index (χ2n) is 4.00. The zero-order chi connectivity index (χ0) is 10.6. The van der Waals surface area contributed by atoms with E-state index >= 15 is 0 Å². The third-order valence-electron chi connectivity index (χ3n) is 2.51. The molecule has 0 atom stereocenters. The quantitative estimate of drug-likeness (QED) is 0.493. The van der Waals surface area contributed by atoms with Gasteiger partial charge >= 0.3 is 0 Å². The van der Waals surface area contributed by atoms with E-state index in [1.807, 2.05) is 0 Å². The van der Waals surface area contributed by atoms with Crippen LogP contribution in [0.25, 0.3) is 0 Å². The lowest BCUT2D eigenvalue weighted by Crippen LogP contribution is -1.96. The maximum absolute atomic E-state index is 10.3. The van der Waals surface area contributed by atoms with Gasteiger partial charge in [-0.2, -0.15) is 0 Å². The Morgan fingerprint density at radius 2 is 1.29 bits per heavy atom. The van der Waals surface area contributed by atoms with Crippen LogP contribution < -0.4 is 5.73 Å². The Kier molecular flexibility index (Phi) is 10.2. The summed E-state index contributed by atoms with van der Waals surface area (Å²) >= 11 is 0. The highest BCUT2D eigenvalue weighted by Gasteiger charge is 1.95. The molecule has 0 aromatic rings. The normalized spacial score (nSPS) is 10.4. The highest BCUT2D eigenvalue weighted by atomic mass is 16.1. The molecule has 0 aromatic carbocycles. The molecule has 14 heavy (non-hydrogen) atoms. The van der Waals surface area contributed by atoms with Gasteiger partial charge in [0.1, 0.15) is 0 Å². The minimum Gasteiger partial charge on any atom is -0.273 e. The summed E-state index contributed by atoms with van der Waals surface area (Å²) in [6.07, 6.45) is 11.8. The third-order valence-corrected chi connectivity index (χ3v) is 2.51. The van der Waals surface area contributed by atoms with E-state index in [9.17, 15) is 4.79 Å². The molecule has 0 aromatic heterocycles. The number of nitrogens with one attached hydrogen (secondary N) is 1. The molecule has 0 heterocycles. The van der Waals surface area contributed by atoms with Gasteiger partial charge in [0, 0.05) is 6.42 Å². The fourth-order valence-corrected chi connectivity index (χ4v) is 1.60. The minimum absolute atomic E-state index is 0.409. The van der Waals surface area contributed by atoms with Crippen molar-refractivity contribution in [1.29, 1.82) is 0 Å². The lowest BCUT2D eigenvalue weighted by molar-refractivity contribution is -0.118. The summed E-state index contributed by atoms with van der Waals surface area (Å²) in [5, 5.41) is 0. The molecule has 2 heteroatoms. The molecule has 0 aliphatic heterocycles. The molecule has 0 fully saturated rings. The second-order valence-corrected chi connectivity index (χ2v) is 4.00. The van der Waals surface area contributed by atoms with E-state index in [0.717, 1.165) is 12.8 Å². The summed E-state index contributed by atoms with van der Waals surface area (Å²) in [5.74, 6) is -0.409. The third kappa shape index (κ3) is 11.5. The fraction of sp³-hybridized carbons (Fsp3) is 0.917. The van der Waals surface area contributed by atoms with Gasteiger partial charge in [0.2, 0.25) is 5.91 Å². The molecule has 83 valence electrons. The number of carbonyl (C=O) groups is 1. The summed E-state index contributed by atoms with van der Waals surface area (Å²) in [6.45, 7) is 2.23. The van der Waals surface area contributed by atoms with Crippen LogP contribution in [0.2, 0.25) is 0 Å². The van der Waals surface area contributed by atoms with Gasteiger partial charge in [-0.3, -0.25) is 10.5 Å².